The maximum Gasteiger partial charge on any atom is 0.268 e. The van der Waals surface area contributed by atoms with Crippen LogP contribution in [0.2, 0.25) is 0 Å². The Morgan fingerprint density at radius 1 is 1.12 bits per heavy atom. The van der Waals surface area contributed by atoms with Crippen LogP contribution in [0.3, 0.4) is 0 Å². The van der Waals surface area contributed by atoms with E-state index >= 15 is 0 Å². The number of morpholine rings is 1. The van der Waals surface area contributed by atoms with Gasteiger partial charge < -0.3 is 24.5 Å². The molecular weight excluding hydrogens is 446 g/mol. The lowest BCUT2D eigenvalue weighted by Crippen LogP contribution is -2.40. The molecule has 182 valence electrons. The van der Waals surface area contributed by atoms with Gasteiger partial charge in [0.2, 0.25) is 10.0 Å². The Labute approximate surface area is 195 Å². The van der Waals surface area contributed by atoms with E-state index in [9.17, 15) is 13.2 Å². The van der Waals surface area contributed by atoms with Crippen molar-refractivity contribution in [2.24, 2.45) is 0 Å². The predicted octanol–water partition coefficient (Wildman–Crippen LogP) is 3.10. The summed E-state index contributed by atoms with van der Waals surface area (Å²) in [4.78, 5) is 15.6. The number of carbonyl (C=O) groups excluding carboxylic acids is 1. The summed E-state index contributed by atoms with van der Waals surface area (Å²) in [6, 6.07) is 6.64. The molecule has 1 fully saturated rings. The van der Waals surface area contributed by atoms with Gasteiger partial charge >= 0.3 is 0 Å². The first-order valence-corrected chi connectivity index (χ1v) is 12.8. The molecule has 0 saturated carbocycles. The van der Waals surface area contributed by atoms with Gasteiger partial charge in [-0.25, -0.2) is 8.42 Å². The Morgan fingerprint density at radius 3 is 2.45 bits per heavy atom. The van der Waals surface area contributed by atoms with Gasteiger partial charge in [-0.05, 0) is 43.5 Å². The van der Waals surface area contributed by atoms with Crippen LogP contribution in [0.15, 0.2) is 35.4 Å². The third-order valence-corrected chi connectivity index (χ3v) is 7.12. The Kier molecular flexibility index (Phi) is 8.76. The van der Waals surface area contributed by atoms with Crippen molar-refractivity contribution in [3.8, 4) is 11.5 Å². The number of hydrogen-bond donors (Lipinski definition) is 2. The molecule has 2 N–H and O–H groups in total. The molecule has 1 amide bonds. The molecule has 1 aromatic carbocycles. The van der Waals surface area contributed by atoms with E-state index in [2.05, 4.69) is 10.3 Å². The number of nitrogens with one attached hydrogen (secondary N) is 2. The minimum atomic E-state index is -3.67. The molecule has 1 aliphatic rings. The van der Waals surface area contributed by atoms with Crippen molar-refractivity contribution < 1.29 is 27.4 Å². The summed E-state index contributed by atoms with van der Waals surface area (Å²) >= 11 is 0. The lowest BCUT2D eigenvalue weighted by atomic mass is 10.1. The number of aromatic nitrogens is 1. The van der Waals surface area contributed by atoms with Gasteiger partial charge in [0.05, 0.1) is 32.5 Å². The fourth-order valence-corrected chi connectivity index (χ4v) is 4.80. The number of rotatable bonds is 11. The van der Waals surface area contributed by atoms with Gasteiger partial charge in [0, 0.05) is 19.3 Å². The summed E-state index contributed by atoms with van der Waals surface area (Å²) in [6.07, 6.45) is 3.11. The van der Waals surface area contributed by atoms with Gasteiger partial charge in [0.25, 0.3) is 5.91 Å². The fourth-order valence-electron chi connectivity index (χ4n) is 3.40. The molecular formula is C23H33N3O6S. The second-order valence-corrected chi connectivity index (χ2v) is 9.80. The second-order valence-electron chi connectivity index (χ2n) is 7.86. The highest BCUT2D eigenvalue weighted by atomic mass is 32.2. The number of amides is 1. The summed E-state index contributed by atoms with van der Waals surface area (Å²) < 4.78 is 43.8. The van der Waals surface area contributed by atoms with Gasteiger partial charge in [-0.15, -0.1) is 0 Å². The van der Waals surface area contributed by atoms with Crippen molar-refractivity contribution in [1.82, 2.24) is 14.6 Å². The molecule has 3 rings (SSSR count). The van der Waals surface area contributed by atoms with E-state index in [4.69, 9.17) is 14.2 Å². The van der Waals surface area contributed by atoms with Crippen molar-refractivity contribution in [1.29, 1.82) is 0 Å². The molecule has 2 aromatic rings. The van der Waals surface area contributed by atoms with Crippen molar-refractivity contribution in [3.63, 3.8) is 0 Å². The number of benzene rings is 1. The third kappa shape index (κ3) is 6.27. The highest BCUT2D eigenvalue weighted by molar-refractivity contribution is 7.89. The molecule has 1 atom stereocenters. The van der Waals surface area contributed by atoms with Crippen LogP contribution < -0.4 is 14.8 Å². The van der Waals surface area contributed by atoms with Crippen LogP contribution in [-0.2, 0) is 14.8 Å². The number of H-pyrrole nitrogens is 1. The van der Waals surface area contributed by atoms with Crippen LogP contribution in [0.1, 0.15) is 55.7 Å². The molecule has 0 bridgehead atoms. The predicted molar refractivity (Wildman–Crippen MR) is 124 cm³/mol. The normalized spacial score (nSPS) is 15.7. The molecule has 2 heterocycles. The topological polar surface area (TPSA) is 110 Å². The zero-order valence-electron chi connectivity index (χ0n) is 19.4. The first-order valence-electron chi connectivity index (χ1n) is 11.3. The smallest absolute Gasteiger partial charge is 0.268 e. The first kappa shape index (κ1) is 25.1. The van der Waals surface area contributed by atoms with E-state index in [0.717, 1.165) is 18.4 Å². The Bertz CT molecular complexity index is 1030. The number of sulfonamides is 1. The Balaban J connectivity index is 1.70. The van der Waals surface area contributed by atoms with E-state index in [-0.39, 0.29) is 16.6 Å². The zero-order chi connectivity index (χ0) is 23.8. The van der Waals surface area contributed by atoms with E-state index in [1.54, 1.807) is 0 Å². The lowest BCUT2D eigenvalue weighted by Gasteiger charge is -2.25. The quantitative estimate of drug-likeness (QED) is 0.513. The second kappa shape index (κ2) is 11.5. The van der Waals surface area contributed by atoms with E-state index < -0.39 is 15.9 Å². The largest absolute Gasteiger partial charge is 0.490 e. The standard InChI is InChI=1S/C23H33N3O6S/c1-4-10-31-21-7-6-18(14-22(21)32-11-5-2)17(3)25-23(27)20-15-19(16-24-20)33(28,29)26-8-12-30-13-9-26/h6-7,14-17,24H,4-5,8-13H2,1-3H3,(H,25,27). The van der Waals surface area contributed by atoms with E-state index in [1.807, 2.05) is 39.0 Å². The van der Waals surface area contributed by atoms with Crippen LogP contribution in [0.25, 0.3) is 0 Å². The van der Waals surface area contributed by atoms with Gasteiger partial charge in [-0.3, -0.25) is 4.79 Å². The first-order chi connectivity index (χ1) is 15.9. The van der Waals surface area contributed by atoms with Crippen molar-refractivity contribution in [2.75, 3.05) is 39.5 Å². The minimum Gasteiger partial charge on any atom is -0.490 e. The van der Waals surface area contributed by atoms with Crippen molar-refractivity contribution in [2.45, 2.75) is 44.6 Å². The monoisotopic (exact) mass is 479 g/mol. The van der Waals surface area contributed by atoms with Gasteiger partial charge in [0.1, 0.15) is 10.6 Å². The third-order valence-electron chi connectivity index (χ3n) is 5.25. The summed E-state index contributed by atoms with van der Waals surface area (Å²) in [5.74, 6) is 0.922. The molecule has 0 radical (unpaired) electrons. The van der Waals surface area contributed by atoms with Crippen molar-refractivity contribution in [3.05, 3.63) is 41.7 Å². The van der Waals surface area contributed by atoms with Crippen molar-refractivity contribution >= 4 is 15.9 Å². The highest BCUT2D eigenvalue weighted by Gasteiger charge is 2.28. The molecule has 9 nitrogen and oxygen atoms in total. The van der Waals surface area contributed by atoms with E-state index in [1.165, 1.54) is 16.6 Å². The molecule has 0 spiro atoms. The summed E-state index contributed by atoms with van der Waals surface area (Å²) in [7, 11) is -3.67. The minimum absolute atomic E-state index is 0.0647. The summed E-state index contributed by atoms with van der Waals surface area (Å²) in [6.45, 7) is 8.41. The van der Waals surface area contributed by atoms with Crippen LogP contribution in [0, 0.1) is 0 Å². The number of carbonyl (C=O) groups is 1. The van der Waals surface area contributed by atoms with Crippen LogP contribution in [-0.4, -0.2) is 63.1 Å². The average molecular weight is 480 g/mol. The number of hydrogen-bond acceptors (Lipinski definition) is 6. The van der Waals surface area contributed by atoms with E-state index in [0.29, 0.717) is 51.0 Å². The molecule has 1 aromatic heterocycles. The molecule has 0 aliphatic carbocycles. The van der Waals surface area contributed by atoms with Crippen LogP contribution in [0.5, 0.6) is 11.5 Å². The maximum atomic E-state index is 12.8. The van der Waals surface area contributed by atoms with Crippen LogP contribution >= 0.6 is 0 Å². The zero-order valence-corrected chi connectivity index (χ0v) is 20.2. The maximum absolute atomic E-state index is 12.8. The van der Waals surface area contributed by atoms with Gasteiger partial charge in [0.15, 0.2) is 11.5 Å². The molecule has 1 unspecified atom stereocenters. The Hall–Kier alpha value is -2.56. The highest BCUT2D eigenvalue weighted by Crippen LogP contribution is 2.31. The average Bonchev–Trinajstić information content (AvgIpc) is 3.33. The van der Waals surface area contributed by atoms with Gasteiger partial charge in [-0.1, -0.05) is 19.9 Å². The summed E-state index contributed by atoms with van der Waals surface area (Å²) in [5.41, 5.74) is 1.03. The number of ether oxygens (including phenoxy) is 3. The van der Waals surface area contributed by atoms with Gasteiger partial charge in [-0.2, -0.15) is 4.31 Å². The molecule has 10 heteroatoms. The molecule has 1 saturated heterocycles. The Morgan fingerprint density at radius 2 is 1.79 bits per heavy atom. The molecule has 33 heavy (non-hydrogen) atoms. The molecule has 1 aliphatic heterocycles. The number of aromatic amines is 1. The van der Waals surface area contributed by atoms with Crippen LogP contribution in [0.4, 0.5) is 0 Å². The summed E-state index contributed by atoms with van der Waals surface area (Å²) in [5, 5.41) is 2.91. The number of nitrogens with zero attached hydrogens (tertiary/aromatic N) is 1. The lowest BCUT2D eigenvalue weighted by molar-refractivity contribution is 0.0730. The SMILES string of the molecule is CCCOc1ccc(C(C)NC(=O)c2cc(S(=O)(=O)N3CCOCC3)c[nH]2)cc1OCCC. The fraction of sp³-hybridized carbons (Fsp3) is 0.522.